The molecule has 6 rings (SSSR count). The van der Waals surface area contributed by atoms with Gasteiger partial charge in [-0.3, -0.25) is 24.6 Å². The number of pyridine rings is 2. The number of anilines is 2. The van der Waals surface area contributed by atoms with Crippen LogP contribution in [0.3, 0.4) is 0 Å². The van der Waals surface area contributed by atoms with E-state index in [4.69, 9.17) is 0 Å². The van der Waals surface area contributed by atoms with Gasteiger partial charge in [0.1, 0.15) is 0 Å². The number of para-hydroxylation sites is 1. The number of hydrogen-bond acceptors (Lipinski definition) is 4. The first kappa shape index (κ1) is 21.7. The quantitative estimate of drug-likeness (QED) is 0.394. The van der Waals surface area contributed by atoms with Crippen LogP contribution in [0, 0.1) is 6.92 Å². The number of aromatic nitrogens is 2. The molecule has 174 valence electrons. The number of benzene rings is 2. The zero-order chi connectivity index (χ0) is 23.8. The lowest BCUT2D eigenvalue weighted by Gasteiger charge is -2.38. The maximum atomic E-state index is 14.1. The molecule has 0 atom stereocenters. The van der Waals surface area contributed by atoms with Gasteiger partial charge in [0, 0.05) is 30.8 Å². The van der Waals surface area contributed by atoms with Crippen LogP contribution >= 0.6 is 0 Å². The molecule has 0 saturated carbocycles. The molecule has 1 spiro atoms. The zero-order valence-electron chi connectivity index (χ0n) is 19.9. The molecule has 0 aliphatic carbocycles. The molecule has 1 fully saturated rings. The largest absolute Gasteiger partial charge is 0.297 e. The molecule has 0 N–H and O–H groups in total. The van der Waals surface area contributed by atoms with E-state index in [2.05, 4.69) is 70.3 Å². The summed E-state index contributed by atoms with van der Waals surface area (Å²) in [5, 5.41) is 0. The van der Waals surface area contributed by atoms with Crippen molar-refractivity contribution in [2.24, 2.45) is 0 Å². The SMILES string of the molecule is Cc1cccnc1CN1CCC2(CC1)C(=O)N(c1ccc(-c3cccnc3)cc1)c1ccccc12. The van der Waals surface area contributed by atoms with Gasteiger partial charge in [0.25, 0.3) is 0 Å². The Kier molecular flexibility index (Phi) is 5.42. The fraction of sp³-hybridized carbons (Fsp3) is 0.233. The van der Waals surface area contributed by atoms with Crippen molar-refractivity contribution in [3.63, 3.8) is 0 Å². The number of nitrogens with zero attached hydrogens (tertiary/aromatic N) is 4. The number of fused-ring (bicyclic) bond motifs is 2. The Morgan fingerprint density at radius 2 is 1.63 bits per heavy atom. The van der Waals surface area contributed by atoms with E-state index in [9.17, 15) is 4.79 Å². The Labute approximate surface area is 206 Å². The van der Waals surface area contributed by atoms with Crippen molar-refractivity contribution in [2.75, 3.05) is 18.0 Å². The minimum absolute atomic E-state index is 0.196. The van der Waals surface area contributed by atoms with E-state index >= 15 is 0 Å². The lowest BCUT2D eigenvalue weighted by molar-refractivity contribution is -0.124. The Hall–Kier alpha value is -3.83. The lowest BCUT2D eigenvalue weighted by Crippen LogP contribution is -2.47. The van der Waals surface area contributed by atoms with Crippen molar-refractivity contribution in [1.29, 1.82) is 0 Å². The van der Waals surface area contributed by atoms with Crippen molar-refractivity contribution < 1.29 is 4.79 Å². The molecular formula is C30H28N4O. The first-order valence-corrected chi connectivity index (χ1v) is 12.2. The van der Waals surface area contributed by atoms with Gasteiger partial charge < -0.3 is 0 Å². The number of amides is 1. The van der Waals surface area contributed by atoms with Crippen molar-refractivity contribution in [3.05, 3.63) is 108 Å². The topological polar surface area (TPSA) is 49.3 Å². The van der Waals surface area contributed by atoms with Crippen LogP contribution in [0.5, 0.6) is 0 Å². The summed E-state index contributed by atoms with van der Waals surface area (Å²) >= 11 is 0. The Balaban J connectivity index is 1.27. The van der Waals surface area contributed by atoms with E-state index in [1.165, 1.54) is 5.56 Å². The molecule has 4 heterocycles. The predicted molar refractivity (Wildman–Crippen MR) is 138 cm³/mol. The summed E-state index contributed by atoms with van der Waals surface area (Å²) in [5.41, 5.74) is 7.13. The Bertz CT molecular complexity index is 1360. The number of rotatable bonds is 4. The highest BCUT2D eigenvalue weighted by atomic mass is 16.2. The van der Waals surface area contributed by atoms with Gasteiger partial charge in [-0.2, -0.15) is 0 Å². The molecule has 2 aliphatic rings. The molecule has 1 amide bonds. The van der Waals surface area contributed by atoms with E-state index in [-0.39, 0.29) is 5.91 Å². The first-order chi connectivity index (χ1) is 17.2. The third-order valence-corrected chi connectivity index (χ3v) is 7.59. The Morgan fingerprint density at radius 1 is 0.857 bits per heavy atom. The molecule has 0 unspecified atom stereocenters. The van der Waals surface area contributed by atoms with Crippen LogP contribution in [0.25, 0.3) is 11.1 Å². The minimum atomic E-state index is -0.464. The lowest BCUT2D eigenvalue weighted by atomic mass is 9.73. The summed E-state index contributed by atoms with van der Waals surface area (Å²) in [7, 11) is 0. The van der Waals surface area contributed by atoms with Crippen LogP contribution in [-0.2, 0) is 16.8 Å². The van der Waals surface area contributed by atoms with Gasteiger partial charge in [-0.15, -0.1) is 0 Å². The van der Waals surface area contributed by atoms with Crippen molar-refractivity contribution in [3.8, 4) is 11.1 Å². The van der Waals surface area contributed by atoms with Crippen LogP contribution in [0.15, 0.2) is 91.4 Å². The number of carbonyl (C=O) groups excluding carboxylic acids is 1. The van der Waals surface area contributed by atoms with Gasteiger partial charge >= 0.3 is 0 Å². The predicted octanol–water partition coefficient (Wildman–Crippen LogP) is 5.66. The van der Waals surface area contributed by atoms with Crippen LogP contribution < -0.4 is 4.90 Å². The Morgan fingerprint density at radius 3 is 2.37 bits per heavy atom. The normalized spacial score (nSPS) is 17.1. The second kappa shape index (κ2) is 8.75. The molecule has 2 aromatic heterocycles. The fourth-order valence-electron chi connectivity index (χ4n) is 5.58. The molecule has 2 aromatic carbocycles. The highest BCUT2D eigenvalue weighted by molar-refractivity contribution is 6.13. The van der Waals surface area contributed by atoms with Crippen molar-refractivity contribution >= 4 is 17.3 Å². The molecule has 4 aromatic rings. The molecule has 1 saturated heterocycles. The molecule has 0 radical (unpaired) electrons. The summed E-state index contributed by atoms with van der Waals surface area (Å²) in [4.78, 5) is 27.3. The molecular weight excluding hydrogens is 432 g/mol. The number of aryl methyl sites for hydroxylation is 1. The van der Waals surface area contributed by atoms with Gasteiger partial charge in [-0.25, -0.2) is 0 Å². The van der Waals surface area contributed by atoms with E-state index in [0.29, 0.717) is 0 Å². The maximum Gasteiger partial charge on any atom is 0.242 e. The second-order valence-electron chi connectivity index (χ2n) is 9.57. The van der Waals surface area contributed by atoms with E-state index in [0.717, 1.165) is 66.2 Å². The third kappa shape index (κ3) is 3.72. The second-order valence-corrected chi connectivity index (χ2v) is 9.57. The molecule has 5 heteroatoms. The first-order valence-electron chi connectivity index (χ1n) is 12.2. The number of piperidine rings is 1. The van der Waals surface area contributed by atoms with Gasteiger partial charge in [-0.05, 0) is 85.4 Å². The number of carbonyl (C=O) groups is 1. The van der Waals surface area contributed by atoms with E-state index < -0.39 is 5.41 Å². The van der Waals surface area contributed by atoms with Gasteiger partial charge in [0.2, 0.25) is 5.91 Å². The molecule has 35 heavy (non-hydrogen) atoms. The fourth-order valence-corrected chi connectivity index (χ4v) is 5.58. The molecule has 0 bridgehead atoms. The summed E-state index contributed by atoms with van der Waals surface area (Å²) < 4.78 is 0. The van der Waals surface area contributed by atoms with E-state index in [1.54, 1.807) is 6.20 Å². The van der Waals surface area contributed by atoms with Crippen LogP contribution in [-0.4, -0.2) is 33.9 Å². The summed E-state index contributed by atoms with van der Waals surface area (Å²) in [6, 6.07) is 24.7. The summed E-state index contributed by atoms with van der Waals surface area (Å²) in [6.45, 7) is 4.70. The highest BCUT2D eigenvalue weighted by Crippen LogP contribution is 2.50. The summed E-state index contributed by atoms with van der Waals surface area (Å²) in [5.74, 6) is 0.196. The average molecular weight is 461 g/mol. The van der Waals surface area contributed by atoms with Crippen molar-refractivity contribution in [1.82, 2.24) is 14.9 Å². The summed E-state index contributed by atoms with van der Waals surface area (Å²) in [6.07, 6.45) is 7.14. The minimum Gasteiger partial charge on any atom is -0.297 e. The third-order valence-electron chi connectivity index (χ3n) is 7.59. The van der Waals surface area contributed by atoms with Gasteiger partial charge in [0.15, 0.2) is 0 Å². The zero-order valence-corrected chi connectivity index (χ0v) is 19.9. The van der Waals surface area contributed by atoms with E-state index in [1.807, 2.05) is 41.6 Å². The number of likely N-dealkylation sites (tertiary alicyclic amines) is 1. The molecule has 2 aliphatic heterocycles. The highest BCUT2D eigenvalue weighted by Gasteiger charge is 2.52. The van der Waals surface area contributed by atoms with Crippen LogP contribution in [0.4, 0.5) is 11.4 Å². The average Bonchev–Trinajstić information content (AvgIpc) is 3.15. The maximum absolute atomic E-state index is 14.1. The molecule has 5 nitrogen and oxygen atoms in total. The van der Waals surface area contributed by atoms with Gasteiger partial charge in [-0.1, -0.05) is 42.5 Å². The monoisotopic (exact) mass is 460 g/mol. The smallest absolute Gasteiger partial charge is 0.242 e. The van der Waals surface area contributed by atoms with Crippen LogP contribution in [0.1, 0.15) is 29.7 Å². The number of hydrogen-bond donors (Lipinski definition) is 0. The van der Waals surface area contributed by atoms with Crippen molar-refractivity contribution in [2.45, 2.75) is 31.7 Å². The van der Waals surface area contributed by atoms with Crippen LogP contribution in [0.2, 0.25) is 0 Å². The van der Waals surface area contributed by atoms with Gasteiger partial charge in [0.05, 0.1) is 16.8 Å². The standard InChI is InChI=1S/C30H28N4O/c1-22-6-4-17-32-27(22)21-33-18-14-30(15-19-33)26-8-2-3-9-28(26)34(29(30)35)25-12-10-23(11-13-25)24-7-5-16-31-20-24/h2-13,16-17,20H,14-15,18-19,21H2,1H3.